The third-order valence-corrected chi connectivity index (χ3v) is 11.8. The number of fused-ring (bicyclic) bond motifs is 14. The van der Waals surface area contributed by atoms with E-state index in [1.54, 1.807) is 12.1 Å². The zero-order valence-electron chi connectivity index (χ0n) is 31.2. The number of hydrogen-bond acceptors (Lipinski definition) is 3. The van der Waals surface area contributed by atoms with Crippen molar-refractivity contribution in [2.24, 2.45) is 0 Å². The molecular formula is C51H25F3N4O2. The number of hydrogen-bond donors (Lipinski definition) is 0. The highest BCUT2D eigenvalue weighted by Gasteiger charge is 2.32. The molecular weight excluding hydrogens is 758 g/mol. The fourth-order valence-electron chi connectivity index (χ4n) is 9.22. The van der Waals surface area contributed by atoms with Crippen molar-refractivity contribution < 1.29 is 22.0 Å². The van der Waals surface area contributed by atoms with Crippen molar-refractivity contribution in [2.75, 3.05) is 0 Å². The normalized spacial score (nSPS) is 12.2. The summed E-state index contributed by atoms with van der Waals surface area (Å²) >= 11 is 0. The van der Waals surface area contributed by atoms with Crippen LogP contribution in [-0.4, -0.2) is 9.13 Å². The number of benzene rings is 8. The van der Waals surface area contributed by atoms with E-state index in [0.29, 0.717) is 50.3 Å². The number of furan rings is 2. The molecule has 0 spiro atoms. The molecule has 4 heterocycles. The van der Waals surface area contributed by atoms with Crippen LogP contribution in [0, 0.1) is 17.9 Å². The van der Waals surface area contributed by atoms with Crippen molar-refractivity contribution >= 4 is 93.2 Å². The first kappa shape index (κ1) is 33.8. The molecule has 0 saturated carbocycles. The third kappa shape index (κ3) is 4.63. The van der Waals surface area contributed by atoms with Crippen LogP contribution in [0.4, 0.5) is 18.9 Å². The van der Waals surface area contributed by atoms with Gasteiger partial charge in [-0.25, -0.2) is 4.85 Å². The predicted octanol–water partition coefficient (Wildman–Crippen LogP) is 14.8. The molecule has 12 rings (SSSR count). The van der Waals surface area contributed by atoms with Gasteiger partial charge in [-0.2, -0.15) is 18.4 Å². The summed E-state index contributed by atoms with van der Waals surface area (Å²) in [5.41, 5.74) is 6.11. The first-order chi connectivity index (χ1) is 29.3. The largest absolute Gasteiger partial charge is 0.454 e. The second-order valence-corrected chi connectivity index (χ2v) is 15.0. The molecule has 0 unspecified atom stereocenters. The monoisotopic (exact) mass is 782 g/mol. The summed E-state index contributed by atoms with van der Waals surface area (Å²) in [5.74, 6) is 0. The molecule has 0 amide bonds. The van der Waals surface area contributed by atoms with E-state index >= 15 is 0 Å². The quantitative estimate of drug-likeness (QED) is 0.168. The van der Waals surface area contributed by atoms with E-state index in [1.165, 1.54) is 6.07 Å². The molecule has 0 N–H and O–H groups in total. The Morgan fingerprint density at radius 3 is 1.57 bits per heavy atom. The maximum Gasteiger partial charge on any atom is 0.415 e. The maximum atomic E-state index is 14.7. The summed E-state index contributed by atoms with van der Waals surface area (Å²) < 4.78 is 61.3. The Morgan fingerprint density at radius 2 is 1.03 bits per heavy atom. The molecule has 6 nitrogen and oxygen atoms in total. The van der Waals surface area contributed by atoms with Crippen LogP contribution in [-0.2, 0) is 6.18 Å². The standard InChI is InChI=1S/C51H25F3N4O2/c1-56-31-23-28(22-30(25-31)51(52,53)54)40-26-43(57-41-14-6-2-10-32(41)36-18-20-38-34-12-4-8-16-45(34)59-49(38)47(36)57)29(27-55)24-44(40)58-42-15-7-3-11-33(42)37-19-21-39-35-13-5-9-17-46(35)60-50(39)48(37)58/h2-26H. The molecule has 282 valence electrons. The van der Waals surface area contributed by atoms with Crippen LogP contribution in [0.1, 0.15) is 11.1 Å². The van der Waals surface area contributed by atoms with Crippen LogP contribution in [0.15, 0.2) is 160 Å². The number of aromatic nitrogens is 2. The molecule has 9 heteroatoms. The van der Waals surface area contributed by atoms with Crippen molar-refractivity contribution in [3.05, 3.63) is 174 Å². The molecule has 0 aliphatic heterocycles. The fourth-order valence-corrected chi connectivity index (χ4v) is 9.22. The van der Waals surface area contributed by atoms with Crippen LogP contribution in [0.2, 0.25) is 0 Å². The lowest BCUT2D eigenvalue weighted by atomic mass is 9.96. The smallest absolute Gasteiger partial charge is 0.415 e. The van der Waals surface area contributed by atoms with E-state index in [2.05, 4.69) is 10.9 Å². The SMILES string of the molecule is [C-]#[N+]c1cc(-c2cc(-n3c4ccccc4c4ccc5c6ccccc6oc5c43)c(C#N)cc2-n2c3ccccc3c3ccc4c5ccccc5oc4c32)cc(C(F)(F)F)c1. The topological polar surface area (TPSA) is 64.3 Å². The molecule has 0 atom stereocenters. The summed E-state index contributed by atoms with van der Waals surface area (Å²) in [6.07, 6.45) is -4.74. The first-order valence-electron chi connectivity index (χ1n) is 19.2. The van der Waals surface area contributed by atoms with E-state index in [9.17, 15) is 18.4 Å². The lowest BCUT2D eigenvalue weighted by Crippen LogP contribution is -2.06. The van der Waals surface area contributed by atoms with Gasteiger partial charge in [-0.05, 0) is 72.3 Å². The number of alkyl halides is 3. The van der Waals surface area contributed by atoms with Gasteiger partial charge in [0.15, 0.2) is 16.9 Å². The molecule has 8 aromatic carbocycles. The first-order valence-corrected chi connectivity index (χ1v) is 19.2. The summed E-state index contributed by atoms with van der Waals surface area (Å²) in [7, 11) is 0. The highest BCUT2D eigenvalue weighted by atomic mass is 19.4. The van der Waals surface area contributed by atoms with E-state index in [0.717, 1.165) is 66.3 Å². The van der Waals surface area contributed by atoms with E-state index in [4.69, 9.17) is 15.4 Å². The zero-order valence-corrected chi connectivity index (χ0v) is 31.2. The summed E-state index contributed by atoms with van der Waals surface area (Å²) in [5, 5.41) is 18.4. The van der Waals surface area contributed by atoms with Gasteiger partial charge in [0.1, 0.15) is 17.2 Å². The van der Waals surface area contributed by atoms with Crippen LogP contribution in [0.5, 0.6) is 0 Å². The lowest BCUT2D eigenvalue weighted by molar-refractivity contribution is -0.137. The molecule has 0 fully saturated rings. The second kappa shape index (κ2) is 12.1. The van der Waals surface area contributed by atoms with Gasteiger partial charge in [-0.1, -0.05) is 84.9 Å². The zero-order chi connectivity index (χ0) is 40.4. The van der Waals surface area contributed by atoms with E-state index in [1.807, 2.05) is 130 Å². The highest BCUT2D eigenvalue weighted by molar-refractivity contribution is 6.23. The average Bonchev–Trinajstić information content (AvgIpc) is 4.03. The molecule has 60 heavy (non-hydrogen) atoms. The van der Waals surface area contributed by atoms with Crippen molar-refractivity contribution in [2.45, 2.75) is 6.18 Å². The maximum absolute atomic E-state index is 14.7. The minimum Gasteiger partial charge on any atom is -0.454 e. The molecule has 0 aliphatic rings. The Balaban J connectivity index is 1.28. The molecule has 0 radical (unpaired) electrons. The van der Waals surface area contributed by atoms with Crippen molar-refractivity contribution in [1.82, 2.24) is 9.13 Å². The van der Waals surface area contributed by atoms with E-state index < -0.39 is 11.7 Å². The summed E-state index contributed by atoms with van der Waals surface area (Å²) in [4.78, 5) is 3.49. The van der Waals surface area contributed by atoms with Crippen LogP contribution in [0.25, 0.3) is 115 Å². The average molecular weight is 783 g/mol. The Bertz CT molecular complexity index is 3920. The van der Waals surface area contributed by atoms with Crippen LogP contribution >= 0.6 is 0 Å². The minimum absolute atomic E-state index is 0.161. The van der Waals surface area contributed by atoms with Crippen LogP contribution < -0.4 is 0 Å². The number of halogens is 3. The van der Waals surface area contributed by atoms with Gasteiger partial charge in [-0.15, -0.1) is 0 Å². The van der Waals surface area contributed by atoms with Crippen LogP contribution in [0.3, 0.4) is 0 Å². The Kier molecular flexibility index (Phi) is 6.84. The highest BCUT2D eigenvalue weighted by Crippen LogP contribution is 2.46. The number of nitrogens with zero attached hydrogens (tertiary/aromatic N) is 4. The fraction of sp³-hybridized carbons (Fsp3) is 0.0196. The van der Waals surface area contributed by atoms with Crippen molar-refractivity contribution in [3.8, 4) is 28.6 Å². The Labute approximate surface area is 337 Å². The lowest BCUT2D eigenvalue weighted by Gasteiger charge is -2.20. The predicted molar refractivity (Wildman–Crippen MR) is 231 cm³/mol. The summed E-state index contributed by atoms with van der Waals surface area (Å²) in [6.45, 7) is 7.86. The van der Waals surface area contributed by atoms with Gasteiger partial charge >= 0.3 is 6.18 Å². The van der Waals surface area contributed by atoms with Crippen molar-refractivity contribution in [3.63, 3.8) is 0 Å². The second-order valence-electron chi connectivity index (χ2n) is 15.0. The van der Waals surface area contributed by atoms with Gasteiger partial charge in [0, 0.05) is 54.2 Å². The van der Waals surface area contributed by atoms with Crippen molar-refractivity contribution in [1.29, 1.82) is 5.26 Å². The van der Waals surface area contributed by atoms with Gasteiger partial charge < -0.3 is 18.0 Å². The van der Waals surface area contributed by atoms with Gasteiger partial charge in [0.2, 0.25) is 0 Å². The number of para-hydroxylation sites is 4. The molecule has 12 aromatic rings. The Hall–Kier alpha value is -8.27. The van der Waals surface area contributed by atoms with E-state index in [-0.39, 0.29) is 16.8 Å². The third-order valence-electron chi connectivity index (χ3n) is 11.8. The van der Waals surface area contributed by atoms with Gasteiger partial charge in [0.25, 0.3) is 0 Å². The number of nitriles is 1. The molecule has 0 saturated heterocycles. The van der Waals surface area contributed by atoms with Gasteiger partial charge in [-0.3, -0.25) is 0 Å². The minimum atomic E-state index is -4.74. The molecule has 0 aliphatic carbocycles. The summed E-state index contributed by atoms with van der Waals surface area (Å²) in [6, 6.07) is 48.7. The Morgan fingerprint density at radius 1 is 0.533 bits per heavy atom. The van der Waals surface area contributed by atoms with Gasteiger partial charge in [0.05, 0.1) is 45.6 Å². The molecule has 0 bridgehead atoms. The number of rotatable bonds is 3. The molecule has 4 aromatic heterocycles.